The average Bonchev–Trinajstić information content (AvgIpc) is 1.95. The van der Waals surface area contributed by atoms with Crippen LogP contribution in [0, 0.1) is 0 Å². The van der Waals surface area contributed by atoms with Gasteiger partial charge in [-0.05, 0) is 32.2 Å². The van der Waals surface area contributed by atoms with Gasteiger partial charge in [0.15, 0.2) is 0 Å². The van der Waals surface area contributed by atoms with E-state index in [0.29, 0.717) is 6.54 Å². The maximum absolute atomic E-state index is 9.58. The molecule has 3 heteroatoms. The monoisotopic (exact) mass is 159 g/mol. The highest BCUT2D eigenvalue weighted by Gasteiger charge is 2.33. The van der Waals surface area contributed by atoms with Gasteiger partial charge in [0.05, 0.1) is 5.60 Å². The van der Waals surface area contributed by atoms with Gasteiger partial charge < -0.3 is 15.5 Å². The Morgan fingerprint density at radius 1 is 1.36 bits per heavy atom. The highest BCUT2D eigenvalue weighted by Crippen LogP contribution is 2.30. The smallest absolute Gasteiger partial charge is 0.0771 e. The van der Waals surface area contributed by atoms with E-state index in [1.807, 2.05) is 0 Å². The Balaban J connectivity index is 1.94. The van der Waals surface area contributed by atoms with E-state index >= 15 is 0 Å². The van der Waals surface area contributed by atoms with Crippen molar-refractivity contribution in [3.63, 3.8) is 0 Å². The van der Waals surface area contributed by atoms with Gasteiger partial charge in [0.25, 0.3) is 0 Å². The fourth-order valence-corrected chi connectivity index (χ4v) is 1.29. The minimum atomic E-state index is -0.421. The van der Waals surface area contributed by atoms with Crippen molar-refractivity contribution in [1.29, 1.82) is 0 Å². The summed E-state index contributed by atoms with van der Waals surface area (Å²) in [4.78, 5) is 0. The predicted octanol–water partition coefficient (Wildman–Crippen LogP) is -0.127. The van der Waals surface area contributed by atoms with Crippen LogP contribution in [0.15, 0.2) is 0 Å². The lowest BCUT2D eigenvalue weighted by molar-refractivity contribution is -0.0312. The third kappa shape index (κ3) is 2.77. The van der Waals surface area contributed by atoms with Crippen LogP contribution in [0.25, 0.3) is 0 Å². The summed E-state index contributed by atoms with van der Waals surface area (Å²) in [5, 5.41) is 21.2. The van der Waals surface area contributed by atoms with Crippen LogP contribution in [0.1, 0.15) is 25.7 Å². The molecule has 0 aliphatic heterocycles. The van der Waals surface area contributed by atoms with Gasteiger partial charge in [0.1, 0.15) is 0 Å². The molecule has 0 aromatic rings. The van der Waals surface area contributed by atoms with Gasteiger partial charge in [-0.1, -0.05) is 0 Å². The largest absolute Gasteiger partial charge is 0.396 e. The predicted molar refractivity (Wildman–Crippen MR) is 43.4 cm³/mol. The third-order valence-electron chi connectivity index (χ3n) is 2.25. The van der Waals surface area contributed by atoms with Crippen LogP contribution in [-0.2, 0) is 0 Å². The molecule has 1 rings (SSSR count). The first-order chi connectivity index (χ1) is 5.27. The Labute approximate surface area is 67.4 Å². The van der Waals surface area contributed by atoms with Crippen LogP contribution in [-0.4, -0.2) is 35.5 Å². The molecule has 1 aliphatic carbocycles. The molecule has 0 aromatic carbocycles. The molecule has 0 saturated heterocycles. The van der Waals surface area contributed by atoms with Crippen LogP contribution >= 0.6 is 0 Å². The van der Waals surface area contributed by atoms with Crippen molar-refractivity contribution in [3.05, 3.63) is 0 Å². The first kappa shape index (κ1) is 8.97. The summed E-state index contributed by atoms with van der Waals surface area (Å²) in [5.74, 6) is 0. The summed E-state index contributed by atoms with van der Waals surface area (Å²) in [6.45, 7) is 1.72. The zero-order valence-electron chi connectivity index (χ0n) is 6.84. The molecule has 0 amide bonds. The van der Waals surface area contributed by atoms with Crippen LogP contribution in [0.5, 0.6) is 0 Å². The van der Waals surface area contributed by atoms with E-state index in [2.05, 4.69) is 5.32 Å². The van der Waals surface area contributed by atoms with Crippen molar-refractivity contribution in [2.45, 2.75) is 31.3 Å². The number of aliphatic hydroxyl groups excluding tert-OH is 1. The van der Waals surface area contributed by atoms with Crippen LogP contribution in [0.2, 0.25) is 0 Å². The van der Waals surface area contributed by atoms with Crippen LogP contribution in [0.4, 0.5) is 0 Å². The van der Waals surface area contributed by atoms with Gasteiger partial charge in [-0.2, -0.15) is 0 Å². The van der Waals surface area contributed by atoms with Crippen molar-refractivity contribution < 1.29 is 10.2 Å². The van der Waals surface area contributed by atoms with E-state index in [1.165, 1.54) is 0 Å². The average molecular weight is 159 g/mol. The number of hydrogen-bond donors (Lipinski definition) is 3. The van der Waals surface area contributed by atoms with Gasteiger partial charge in [-0.15, -0.1) is 0 Å². The van der Waals surface area contributed by atoms with E-state index in [4.69, 9.17) is 5.11 Å². The zero-order valence-corrected chi connectivity index (χ0v) is 6.84. The van der Waals surface area contributed by atoms with Crippen LogP contribution < -0.4 is 5.32 Å². The third-order valence-corrected chi connectivity index (χ3v) is 2.25. The molecule has 0 aromatic heterocycles. The van der Waals surface area contributed by atoms with E-state index in [0.717, 1.165) is 32.2 Å². The normalized spacial score (nSPS) is 21.3. The molecule has 66 valence electrons. The van der Waals surface area contributed by atoms with Crippen molar-refractivity contribution in [3.8, 4) is 0 Å². The van der Waals surface area contributed by atoms with Gasteiger partial charge in [0, 0.05) is 13.2 Å². The lowest BCUT2D eigenvalue weighted by Crippen LogP contribution is -2.46. The lowest BCUT2D eigenvalue weighted by atomic mass is 9.80. The topological polar surface area (TPSA) is 52.5 Å². The van der Waals surface area contributed by atoms with Gasteiger partial charge in [0.2, 0.25) is 0 Å². The first-order valence-corrected chi connectivity index (χ1v) is 4.31. The molecule has 0 radical (unpaired) electrons. The summed E-state index contributed by atoms with van der Waals surface area (Å²) >= 11 is 0. The molecule has 0 unspecified atom stereocenters. The fraction of sp³-hybridized carbons (Fsp3) is 1.00. The molecule has 1 fully saturated rings. The quantitative estimate of drug-likeness (QED) is 0.490. The second-order valence-electron chi connectivity index (χ2n) is 3.33. The maximum Gasteiger partial charge on any atom is 0.0771 e. The Hall–Kier alpha value is -0.120. The molecule has 0 heterocycles. The minimum absolute atomic E-state index is 0.228. The maximum atomic E-state index is 9.58. The SMILES string of the molecule is OCCCNCC1(O)CCC1. The Morgan fingerprint density at radius 2 is 2.09 bits per heavy atom. The highest BCUT2D eigenvalue weighted by molar-refractivity contribution is 4.89. The van der Waals surface area contributed by atoms with Crippen molar-refractivity contribution >= 4 is 0 Å². The summed E-state index contributed by atoms with van der Waals surface area (Å²) in [6, 6.07) is 0. The van der Waals surface area contributed by atoms with Gasteiger partial charge in [-0.3, -0.25) is 0 Å². The molecule has 1 aliphatic rings. The molecular weight excluding hydrogens is 142 g/mol. The van der Waals surface area contributed by atoms with Gasteiger partial charge in [-0.25, -0.2) is 0 Å². The summed E-state index contributed by atoms with van der Waals surface area (Å²) in [6.07, 6.45) is 3.78. The second-order valence-corrected chi connectivity index (χ2v) is 3.33. The minimum Gasteiger partial charge on any atom is -0.396 e. The molecule has 3 nitrogen and oxygen atoms in total. The van der Waals surface area contributed by atoms with E-state index in [1.54, 1.807) is 0 Å². The van der Waals surface area contributed by atoms with E-state index in [-0.39, 0.29) is 6.61 Å². The Bertz CT molecular complexity index is 113. The fourth-order valence-electron chi connectivity index (χ4n) is 1.29. The second kappa shape index (κ2) is 4.04. The van der Waals surface area contributed by atoms with Crippen LogP contribution in [0.3, 0.4) is 0 Å². The number of aliphatic hydroxyl groups is 2. The van der Waals surface area contributed by atoms with E-state index in [9.17, 15) is 5.11 Å². The first-order valence-electron chi connectivity index (χ1n) is 4.31. The van der Waals surface area contributed by atoms with Crippen molar-refractivity contribution in [1.82, 2.24) is 5.32 Å². The molecule has 3 N–H and O–H groups in total. The number of nitrogens with one attached hydrogen (secondary N) is 1. The molecule has 1 saturated carbocycles. The number of hydrogen-bond acceptors (Lipinski definition) is 3. The van der Waals surface area contributed by atoms with Crippen molar-refractivity contribution in [2.24, 2.45) is 0 Å². The summed E-state index contributed by atoms with van der Waals surface area (Å²) in [7, 11) is 0. The number of rotatable bonds is 5. The van der Waals surface area contributed by atoms with E-state index < -0.39 is 5.60 Å². The molecular formula is C8H17NO2. The molecule has 0 spiro atoms. The lowest BCUT2D eigenvalue weighted by Gasteiger charge is -2.36. The standard InChI is InChI=1S/C8H17NO2/c10-6-2-5-9-7-8(11)3-1-4-8/h9-11H,1-7H2. The highest BCUT2D eigenvalue weighted by atomic mass is 16.3. The summed E-state index contributed by atoms with van der Waals surface area (Å²) < 4.78 is 0. The molecule has 0 atom stereocenters. The Morgan fingerprint density at radius 3 is 2.55 bits per heavy atom. The van der Waals surface area contributed by atoms with Gasteiger partial charge >= 0.3 is 0 Å². The summed E-state index contributed by atoms with van der Waals surface area (Å²) in [5.41, 5.74) is -0.421. The molecule has 0 bridgehead atoms. The Kier molecular flexibility index (Phi) is 3.30. The van der Waals surface area contributed by atoms with Crippen molar-refractivity contribution in [2.75, 3.05) is 19.7 Å². The zero-order chi connectivity index (χ0) is 8.16. The molecule has 11 heavy (non-hydrogen) atoms.